The third-order valence-electron chi connectivity index (χ3n) is 1.60. The summed E-state index contributed by atoms with van der Waals surface area (Å²) in [6.07, 6.45) is 1.25. The molecule has 0 atom stereocenters. The van der Waals surface area contributed by atoms with Gasteiger partial charge < -0.3 is 15.2 Å². The van der Waals surface area contributed by atoms with Crippen molar-refractivity contribution < 1.29 is 4.12 Å². The molecule has 0 aromatic heterocycles. The lowest BCUT2D eigenvalue weighted by Gasteiger charge is -2.17. The van der Waals surface area contributed by atoms with Crippen molar-refractivity contribution in [2.45, 2.75) is 32.1 Å². The highest BCUT2D eigenvalue weighted by Crippen LogP contribution is 2.02. The standard InChI is InChI=1S/C8H24N2OSi2/c1-13(2,3)11-12-8-4-6-10-7-5-9/h10H,4-9,12H2,1-3H3. The predicted molar refractivity (Wildman–Crippen MR) is 64.3 cm³/mol. The number of rotatable bonds is 8. The second kappa shape index (κ2) is 7.69. The first-order valence-electron chi connectivity index (χ1n) is 5.11. The molecular formula is C8H24N2OSi2. The molecule has 0 bridgehead atoms. The maximum absolute atomic E-state index is 5.86. The molecule has 0 aromatic carbocycles. The number of hydrogen-bond acceptors (Lipinski definition) is 3. The Kier molecular flexibility index (Phi) is 7.88. The van der Waals surface area contributed by atoms with E-state index < -0.39 is 8.32 Å². The fraction of sp³-hybridized carbons (Fsp3) is 1.00. The zero-order valence-electron chi connectivity index (χ0n) is 9.23. The van der Waals surface area contributed by atoms with Gasteiger partial charge in [0.05, 0.1) is 0 Å². The van der Waals surface area contributed by atoms with Crippen LogP contribution in [-0.4, -0.2) is 37.7 Å². The van der Waals surface area contributed by atoms with E-state index in [9.17, 15) is 0 Å². The van der Waals surface area contributed by atoms with E-state index in [1.807, 2.05) is 0 Å². The summed E-state index contributed by atoms with van der Waals surface area (Å²) in [4.78, 5) is 0. The minimum Gasteiger partial charge on any atom is -0.461 e. The van der Waals surface area contributed by atoms with E-state index in [2.05, 4.69) is 25.0 Å². The second-order valence-electron chi connectivity index (χ2n) is 4.21. The average Bonchev–Trinajstić information content (AvgIpc) is 2.01. The molecule has 3 nitrogen and oxygen atoms in total. The Labute approximate surface area is 85.5 Å². The Morgan fingerprint density at radius 1 is 1.31 bits per heavy atom. The first-order valence-corrected chi connectivity index (χ1v) is 10.1. The first kappa shape index (κ1) is 13.3. The molecule has 0 amide bonds. The van der Waals surface area contributed by atoms with Gasteiger partial charge in [0.1, 0.15) is 9.76 Å². The largest absolute Gasteiger partial charge is 0.461 e. The van der Waals surface area contributed by atoms with Crippen molar-refractivity contribution in [3.05, 3.63) is 0 Å². The van der Waals surface area contributed by atoms with E-state index >= 15 is 0 Å². The summed E-state index contributed by atoms with van der Waals surface area (Å²) in [5.74, 6) is 0. The van der Waals surface area contributed by atoms with Crippen LogP contribution in [0.25, 0.3) is 0 Å². The highest BCUT2D eigenvalue weighted by atomic mass is 28.4. The fourth-order valence-corrected chi connectivity index (χ4v) is 4.44. The van der Waals surface area contributed by atoms with Crippen LogP contribution in [0, 0.1) is 0 Å². The zero-order chi connectivity index (χ0) is 10.2. The van der Waals surface area contributed by atoms with E-state index in [4.69, 9.17) is 9.85 Å². The predicted octanol–water partition coefficient (Wildman–Crippen LogP) is 0.278. The molecule has 0 radical (unpaired) electrons. The Morgan fingerprint density at radius 2 is 2.00 bits per heavy atom. The van der Waals surface area contributed by atoms with Gasteiger partial charge in [0.25, 0.3) is 0 Å². The lowest BCUT2D eigenvalue weighted by atomic mass is 10.5. The van der Waals surface area contributed by atoms with E-state index in [1.165, 1.54) is 12.5 Å². The molecule has 0 saturated carbocycles. The summed E-state index contributed by atoms with van der Waals surface area (Å²) in [7, 11) is -1.45. The van der Waals surface area contributed by atoms with Gasteiger partial charge >= 0.3 is 0 Å². The summed E-state index contributed by atoms with van der Waals surface area (Å²) in [6, 6.07) is 1.29. The van der Waals surface area contributed by atoms with E-state index in [0.29, 0.717) is 0 Å². The van der Waals surface area contributed by atoms with Gasteiger partial charge in [0.2, 0.25) is 0 Å². The van der Waals surface area contributed by atoms with Crippen LogP contribution >= 0.6 is 0 Å². The molecule has 0 heterocycles. The van der Waals surface area contributed by atoms with Crippen LogP contribution in [0.5, 0.6) is 0 Å². The normalized spacial score (nSPS) is 12.9. The Morgan fingerprint density at radius 3 is 2.54 bits per heavy atom. The van der Waals surface area contributed by atoms with Gasteiger partial charge in [0, 0.05) is 13.1 Å². The Bertz CT molecular complexity index is 117. The van der Waals surface area contributed by atoms with Crippen molar-refractivity contribution in [1.29, 1.82) is 0 Å². The van der Waals surface area contributed by atoms with E-state index in [0.717, 1.165) is 19.6 Å². The lowest BCUT2D eigenvalue weighted by Crippen LogP contribution is -2.28. The number of nitrogens with two attached hydrogens (primary N) is 1. The van der Waals surface area contributed by atoms with Crippen LogP contribution in [0.3, 0.4) is 0 Å². The highest BCUT2D eigenvalue weighted by Gasteiger charge is 2.12. The molecule has 0 aliphatic carbocycles. The summed E-state index contributed by atoms with van der Waals surface area (Å²) >= 11 is 0. The van der Waals surface area contributed by atoms with Crippen LogP contribution in [0.4, 0.5) is 0 Å². The lowest BCUT2D eigenvalue weighted by molar-refractivity contribution is 0.585. The fourth-order valence-electron chi connectivity index (χ4n) is 0.957. The van der Waals surface area contributed by atoms with Crippen LogP contribution < -0.4 is 11.1 Å². The molecule has 0 saturated heterocycles. The van der Waals surface area contributed by atoms with Crippen LogP contribution in [0.2, 0.25) is 25.7 Å². The summed E-state index contributed by atoms with van der Waals surface area (Å²) in [6.45, 7) is 9.55. The van der Waals surface area contributed by atoms with Crippen molar-refractivity contribution in [2.75, 3.05) is 19.6 Å². The molecular weight excluding hydrogens is 196 g/mol. The minimum atomic E-state index is -1.21. The van der Waals surface area contributed by atoms with Gasteiger partial charge in [-0.3, -0.25) is 0 Å². The van der Waals surface area contributed by atoms with Gasteiger partial charge in [-0.15, -0.1) is 0 Å². The maximum atomic E-state index is 5.86. The molecule has 0 aliphatic heterocycles. The molecule has 0 spiro atoms. The van der Waals surface area contributed by atoms with Gasteiger partial charge in [-0.2, -0.15) is 0 Å². The third kappa shape index (κ3) is 12.3. The molecule has 5 heteroatoms. The molecule has 0 fully saturated rings. The van der Waals surface area contributed by atoms with Crippen LogP contribution in [-0.2, 0) is 4.12 Å². The monoisotopic (exact) mass is 220 g/mol. The topological polar surface area (TPSA) is 47.3 Å². The SMILES string of the molecule is C[Si](C)(C)O[SiH2]CCCNCCN. The summed E-state index contributed by atoms with van der Waals surface area (Å²) in [5, 5.41) is 3.29. The van der Waals surface area contributed by atoms with Gasteiger partial charge in [0.15, 0.2) is 8.32 Å². The second-order valence-corrected chi connectivity index (χ2v) is 10.7. The summed E-state index contributed by atoms with van der Waals surface area (Å²) < 4.78 is 5.86. The molecule has 0 aromatic rings. The van der Waals surface area contributed by atoms with Crippen molar-refractivity contribution in [1.82, 2.24) is 5.32 Å². The van der Waals surface area contributed by atoms with Crippen LogP contribution in [0.15, 0.2) is 0 Å². The quantitative estimate of drug-likeness (QED) is 0.456. The zero-order valence-corrected chi connectivity index (χ0v) is 11.6. The molecule has 3 N–H and O–H groups in total. The van der Waals surface area contributed by atoms with Crippen molar-refractivity contribution in [3.8, 4) is 0 Å². The maximum Gasteiger partial charge on any atom is 0.169 e. The number of nitrogens with one attached hydrogen (secondary N) is 1. The molecule has 0 unspecified atom stereocenters. The summed E-state index contributed by atoms with van der Waals surface area (Å²) in [5.41, 5.74) is 5.35. The van der Waals surface area contributed by atoms with Gasteiger partial charge in [-0.1, -0.05) is 0 Å². The van der Waals surface area contributed by atoms with Crippen molar-refractivity contribution in [3.63, 3.8) is 0 Å². The minimum absolute atomic E-state index is 0.237. The average molecular weight is 220 g/mol. The van der Waals surface area contributed by atoms with Gasteiger partial charge in [-0.05, 0) is 38.7 Å². The molecule has 13 heavy (non-hydrogen) atoms. The first-order chi connectivity index (χ1) is 6.06. The molecule has 0 rings (SSSR count). The number of hydrogen-bond donors (Lipinski definition) is 2. The van der Waals surface area contributed by atoms with Crippen molar-refractivity contribution >= 4 is 18.1 Å². The van der Waals surface area contributed by atoms with E-state index in [1.54, 1.807) is 0 Å². The van der Waals surface area contributed by atoms with Crippen molar-refractivity contribution in [2.24, 2.45) is 5.73 Å². The van der Waals surface area contributed by atoms with E-state index in [-0.39, 0.29) is 9.76 Å². The Balaban J connectivity index is 3.00. The molecule has 0 aliphatic rings. The smallest absolute Gasteiger partial charge is 0.169 e. The Hall–Kier alpha value is 0.314. The highest BCUT2D eigenvalue weighted by molar-refractivity contribution is 6.73. The molecule has 80 valence electrons. The third-order valence-corrected chi connectivity index (χ3v) is 6.67. The van der Waals surface area contributed by atoms with Crippen LogP contribution in [0.1, 0.15) is 6.42 Å². The van der Waals surface area contributed by atoms with Gasteiger partial charge in [-0.25, -0.2) is 0 Å².